The van der Waals surface area contributed by atoms with Crippen molar-refractivity contribution in [2.45, 2.75) is 44.2 Å². The number of para-hydroxylation sites is 3. The van der Waals surface area contributed by atoms with Gasteiger partial charge in [0, 0.05) is 37.2 Å². The molecule has 6 heteroatoms. The molecule has 29 heavy (non-hydrogen) atoms. The van der Waals surface area contributed by atoms with Crippen molar-refractivity contribution in [2.24, 2.45) is 0 Å². The molecule has 2 aromatic carbocycles. The molecule has 3 aromatic rings. The molecule has 1 aromatic heterocycles. The fraction of sp³-hybridized carbons (Fsp3) is 0.391. The van der Waals surface area contributed by atoms with Crippen LogP contribution in [0.5, 0.6) is 0 Å². The molecule has 5 nitrogen and oxygen atoms in total. The third-order valence-corrected chi connectivity index (χ3v) is 6.15. The van der Waals surface area contributed by atoms with Gasteiger partial charge in [0.25, 0.3) is 0 Å². The van der Waals surface area contributed by atoms with E-state index in [2.05, 4.69) is 33.0 Å². The molecule has 2 atom stereocenters. The Labute approximate surface area is 177 Å². The average molecular weight is 411 g/mol. The zero-order valence-corrected chi connectivity index (χ0v) is 17.3. The van der Waals surface area contributed by atoms with Crippen LogP contribution in [0.3, 0.4) is 0 Å². The summed E-state index contributed by atoms with van der Waals surface area (Å²) in [6, 6.07) is 19.3. The first-order chi connectivity index (χ1) is 13.8. The van der Waals surface area contributed by atoms with E-state index in [1.165, 1.54) is 0 Å². The van der Waals surface area contributed by atoms with Crippen LogP contribution in [0.25, 0.3) is 16.7 Å². The molecule has 5 rings (SSSR count). The summed E-state index contributed by atoms with van der Waals surface area (Å²) in [5.74, 6) is 1.24. The number of nitrogens with one attached hydrogen (secondary N) is 1. The van der Waals surface area contributed by atoms with Crippen molar-refractivity contribution in [3.05, 3.63) is 60.4 Å². The maximum Gasteiger partial charge on any atom is 0.223 e. The van der Waals surface area contributed by atoms with Gasteiger partial charge in [-0.3, -0.25) is 9.36 Å². The van der Waals surface area contributed by atoms with Crippen molar-refractivity contribution in [1.29, 1.82) is 0 Å². The number of imidazole rings is 1. The van der Waals surface area contributed by atoms with Crippen LogP contribution in [0.15, 0.2) is 54.6 Å². The molecule has 2 fully saturated rings. The van der Waals surface area contributed by atoms with Gasteiger partial charge in [-0.05, 0) is 50.1 Å². The Bertz CT molecular complexity index is 973. The van der Waals surface area contributed by atoms with Gasteiger partial charge in [0.1, 0.15) is 5.82 Å². The number of amides is 1. The number of benzene rings is 2. The number of aromatic nitrogens is 2. The number of nitrogens with zero attached hydrogens (tertiary/aromatic N) is 3. The molecule has 2 saturated heterocycles. The van der Waals surface area contributed by atoms with Crippen molar-refractivity contribution in [2.75, 3.05) is 13.1 Å². The summed E-state index contributed by atoms with van der Waals surface area (Å²) < 4.78 is 2.20. The normalized spacial score (nSPS) is 21.0. The highest BCUT2D eigenvalue weighted by molar-refractivity contribution is 5.85. The molecule has 2 unspecified atom stereocenters. The van der Waals surface area contributed by atoms with Crippen LogP contribution >= 0.6 is 12.4 Å². The second-order valence-corrected chi connectivity index (χ2v) is 7.87. The van der Waals surface area contributed by atoms with E-state index in [0.29, 0.717) is 24.9 Å². The Morgan fingerprint density at radius 2 is 1.76 bits per heavy atom. The Balaban J connectivity index is 0.00000205. The Morgan fingerprint density at radius 3 is 2.62 bits per heavy atom. The van der Waals surface area contributed by atoms with Gasteiger partial charge in [-0.2, -0.15) is 0 Å². The van der Waals surface area contributed by atoms with E-state index >= 15 is 0 Å². The lowest BCUT2D eigenvalue weighted by molar-refractivity contribution is -0.133. The summed E-state index contributed by atoms with van der Waals surface area (Å²) in [6.45, 7) is 1.96. The summed E-state index contributed by atoms with van der Waals surface area (Å²) in [4.78, 5) is 20.1. The SMILES string of the molecule is Cl.O=C(CCc1nc2ccccc2n1-c1ccccc1)N1C2CCNCC1CC2. The molecule has 0 aliphatic carbocycles. The quantitative estimate of drug-likeness (QED) is 0.712. The van der Waals surface area contributed by atoms with Crippen molar-refractivity contribution >= 4 is 29.3 Å². The number of hydrogen-bond acceptors (Lipinski definition) is 3. The molecular weight excluding hydrogens is 384 g/mol. The minimum Gasteiger partial charge on any atom is -0.335 e. The smallest absolute Gasteiger partial charge is 0.223 e. The van der Waals surface area contributed by atoms with Gasteiger partial charge in [0.05, 0.1) is 11.0 Å². The maximum absolute atomic E-state index is 13.1. The topological polar surface area (TPSA) is 50.2 Å². The molecule has 1 amide bonds. The summed E-state index contributed by atoms with van der Waals surface area (Å²) in [5.41, 5.74) is 3.17. The molecule has 2 aliphatic rings. The molecular formula is C23H27ClN4O. The highest BCUT2D eigenvalue weighted by Gasteiger charge is 2.37. The van der Waals surface area contributed by atoms with Crippen LogP contribution in [0.4, 0.5) is 0 Å². The lowest BCUT2D eigenvalue weighted by Gasteiger charge is -2.28. The summed E-state index contributed by atoms with van der Waals surface area (Å²) >= 11 is 0. The minimum absolute atomic E-state index is 0. The predicted molar refractivity (Wildman–Crippen MR) is 118 cm³/mol. The Hall–Kier alpha value is -2.37. The predicted octanol–water partition coefficient (Wildman–Crippen LogP) is 3.73. The number of carbonyl (C=O) groups is 1. The first-order valence-corrected chi connectivity index (χ1v) is 10.3. The highest BCUT2D eigenvalue weighted by Crippen LogP contribution is 2.29. The molecule has 0 spiro atoms. The fourth-order valence-corrected chi connectivity index (χ4v) is 4.85. The van der Waals surface area contributed by atoms with Crippen LogP contribution in [0.1, 0.15) is 31.5 Å². The molecule has 2 bridgehead atoms. The van der Waals surface area contributed by atoms with Crippen molar-refractivity contribution in [3.63, 3.8) is 0 Å². The summed E-state index contributed by atoms with van der Waals surface area (Å²) in [7, 11) is 0. The zero-order chi connectivity index (χ0) is 18.9. The zero-order valence-electron chi connectivity index (χ0n) is 16.5. The van der Waals surface area contributed by atoms with E-state index in [9.17, 15) is 4.79 Å². The number of hydrogen-bond donors (Lipinski definition) is 1. The number of fused-ring (bicyclic) bond motifs is 3. The van der Waals surface area contributed by atoms with Crippen molar-refractivity contribution in [3.8, 4) is 5.69 Å². The van der Waals surface area contributed by atoms with E-state index in [1.807, 2.05) is 36.4 Å². The van der Waals surface area contributed by atoms with Gasteiger partial charge < -0.3 is 10.2 Å². The van der Waals surface area contributed by atoms with Crippen LogP contribution in [0, 0.1) is 0 Å². The molecule has 0 saturated carbocycles. The van der Waals surface area contributed by atoms with E-state index in [4.69, 9.17) is 4.98 Å². The van der Waals surface area contributed by atoms with Crippen molar-refractivity contribution < 1.29 is 4.79 Å². The largest absolute Gasteiger partial charge is 0.335 e. The molecule has 0 radical (unpaired) electrons. The molecule has 3 heterocycles. The van der Waals surface area contributed by atoms with Crippen LogP contribution < -0.4 is 5.32 Å². The number of halogens is 1. The highest BCUT2D eigenvalue weighted by atomic mass is 35.5. The van der Waals surface area contributed by atoms with E-state index in [0.717, 1.165) is 54.9 Å². The van der Waals surface area contributed by atoms with E-state index in [-0.39, 0.29) is 18.3 Å². The Kier molecular flexibility index (Phi) is 5.88. The van der Waals surface area contributed by atoms with Gasteiger partial charge in [-0.1, -0.05) is 30.3 Å². The van der Waals surface area contributed by atoms with Crippen LogP contribution in [-0.2, 0) is 11.2 Å². The lowest BCUT2D eigenvalue weighted by atomic mass is 10.1. The third kappa shape index (κ3) is 3.77. The summed E-state index contributed by atoms with van der Waals surface area (Å²) in [6.07, 6.45) is 4.53. The monoisotopic (exact) mass is 410 g/mol. The number of rotatable bonds is 4. The van der Waals surface area contributed by atoms with Gasteiger partial charge >= 0.3 is 0 Å². The lowest BCUT2D eigenvalue weighted by Crippen LogP contribution is -2.42. The second kappa shape index (κ2) is 8.56. The average Bonchev–Trinajstić information content (AvgIpc) is 3.22. The van der Waals surface area contributed by atoms with E-state index in [1.54, 1.807) is 0 Å². The fourth-order valence-electron chi connectivity index (χ4n) is 4.85. The minimum atomic E-state index is 0. The van der Waals surface area contributed by atoms with Gasteiger partial charge in [-0.15, -0.1) is 12.4 Å². The Morgan fingerprint density at radius 1 is 1.00 bits per heavy atom. The van der Waals surface area contributed by atoms with Crippen molar-refractivity contribution in [1.82, 2.24) is 19.8 Å². The second-order valence-electron chi connectivity index (χ2n) is 7.87. The maximum atomic E-state index is 13.1. The molecule has 152 valence electrons. The van der Waals surface area contributed by atoms with Gasteiger partial charge in [-0.25, -0.2) is 4.98 Å². The van der Waals surface area contributed by atoms with Crippen LogP contribution in [-0.4, -0.2) is 45.5 Å². The first kappa shape index (κ1) is 19.9. The van der Waals surface area contributed by atoms with Gasteiger partial charge in [0.2, 0.25) is 5.91 Å². The third-order valence-electron chi connectivity index (χ3n) is 6.15. The number of carbonyl (C=O) groups excluding carboxylic acids is 1. The first-order valence-electron chi connectivity index (χ1n) is 10.3. The number of aryl methyl sites for hydroxylation is 1. The summed E-state index contributed by atoms with van der Waals surface area (Å²) in [5, 5.41) is 3.48. The van der Waals surface area contributed by atoms with Gasteiger partial charge in [0.15, 0.2) is 0 Å². The standard InChI is InChI=1S/C23H26N4O.ClH/c28-23(26-18-10-11-19(26)16-24-15-14-18)13-12-22-25-20-8-4-5-9-21(20)27(22)17-6-2-1-3-7-17;/h1-9,18-19,24H,10-16H2;1H. The molecule has 2 aliphatic heterocycles. The van der Waals surface area contributed by atoms with E-state index < -0.39 is 0 Å². The van der Waals surface area contributed by atoms with Crippen LogP contribution in [0.2, 0.25) is 0 Å². The molecule has 1 N–H and O–H groups in total.